The summed E-state index contributed by atoms with van der Waals surface area (Å²) in [6, 6.07) is 4.29. The number of aryl methyl sites for hydroxylation is 1. The van der Waals surface area contributed by atoms with E-state index >= 15 is 0 Å². The summed E-state index contributed by atoms with van der Waals surface area (Å²) < 4.78 is 0. The van der Waals surface area contributed by atoms with Gasteiger partial charge in [-0.3, -0.25) is 4.98 Å². The highest BCUT2D eigenvalue weighted by molar-refractivity contribution is 5.44. The standard InChI is InChI=1S/C14H23N3/c1-12-4-5-14(10-15-12)17-8-6-13(7-9-17)11-16(2)3/h4-5,10,13H,6-9,11H2,1-3H3. The molecular formula is C14H23N3. The van der Waals surface area contributed by atoms with E-state index < -0.39 is 0 Å². The summed E-state index contributed by atoms with van der Waals surface area (Å²) in [5, 5.41) is 0. The zero-order valence-corrected chi connectivity index (χ0v) is 11.2. The number of nitrogens with zero attached hydrogens (tertiary/aromatic N) is 3. The molecule has 1 saturated heterocycles. The van der Waals surface area contributed by atoms with E-state index in [-0.39, 0.29) is 0 Å². The molecule has 0 bridgehead atoms. The van der Waals surface area contributed by atoms with Gasteiger partial charge in [-0.05, 0) is 51.9 Å². The fraction of sp³-hybridized carbons (Fsp3) is 0.643. The molecule has 1 aliphatic heterocycles. The van der Waals surface area contributed by atoms with Crippen molar-refractivity contribution in [3.8, 4) is 0 Å². The van der Waals surface area contributed by atoms with Gasteiger partial charge in [0.2, 0.25) is 0 Å². The van der Waals surface area contributed by atoms with Crippen molar-refractivity contribution in [1.82, 2.24) is 9.88 Å². The Morgan fingerprint density at radius 3 is 2.53 bits per heavy atom. The molecule has 0 unspecified atom stereocenters. The molecule has 1 aliphatic rings. The number of piperidine rings is 1. The van der Waals surface area contributed by atoms with Crippen LogP contribution in [0.5, 0.6) is 0 Å². The lowest BCUT2D eigenvalue weighted by atomic mass is 9.96. The van der Waals surface area contributed by atoms with E-state index in [1.54, 1.807) is 0 Å². The van der Waals surface area contributed by atoms with Crippen LogP contribution in [-0.2, 0) is 0 Å². The van der Waals surface area contributed by atoms with Crippen LogP contribution in [0, 0.1) is 12.8 Å². The van der Waals surface area contributed by atoms with E-state index in [1.807, 2.05) is 13.1 Å². The lowest BCUT2D eigenvalue weighted by Gasteiger charge is -2.34. The Morgan fingerprint density at radius 2 is 2.00 bits per heavy atom. The molecule has 0 saturated carbocycles. The van der Waals surface area contributed by atoms with Crippen LogP contribution >= 0.6 is 0 Å². The van der Waals surface area contributed by atoms with E-state index in [4.69, 9.17) is 0 Å². The van der Waals surface area contributed by atoms with Gasteiger partial charge in [0, 0.05) is 25.3 Å². The molecule has 3 heteroatoms. The van der Waals surface area contributed by atoms with Crippen LogP contribution in [0.2, 0.25) is 0 Å². The summed E-state index contributed by atoms with van der Waals surface area (Å²) >= 11 is 0. The fourth-order valence-electron chi connectivity index (χ4n) is 2.54. The molecule has 0 amide bonds. The van der Waals surface area contributed by atoms with Crippen LogP contribution in [0.15, 0.2) is 18.3 Å². The van der Waals surface area contributed by atoms with Gasteiger partial charge in [0.1, 0.15) is 0 Å². The summed E-state index contributed by atoms with van der Waals surface area (Å²) in [6.07, 6.45) is 4.60. The Labute approximate surface area is 104 Å². The molecule has 2 rings (SSSR count). The minimum absolute atomic E-state index is 0.861. The van der Waals surface area contributed by atoms with Crippen LogP contribution < -0.4 is 4.90 Å². The molecule has 2 heterocycles. The molecule has 1 aromatic rings. The van der Waals surface area contributed by atoms with E-state index in [0.29, 0.717) is 0 Å². The molecule has 0 aliphatic carbocycles. The summed E-state index contributed by atoms with van der Waals surface area (Å²) in [4.78, 5) is 9.13. The van der Waals surface area contributed by atoms with Gasteiger partial charge in [0.25, 0.3) is 0 Å². The minimum atomic E-state index is 0.861. The Morgan fingerprint density at radius 1 is 1.29 bits per heavy atom. The second kappa shape index (κ2) is 5.50. The Balaban J connectivity index is 1.88. The number of anilines is 1. The zero-order chi connectivity index (χ0) is 12.3. The number of hydrogen-bond acceptors (Lipinski definition) is 3. The molecular weight excluding hydrogens is 210 g/mol. The molecule has 94 valence electrons. The van der Waals surface area contributed by atoms with Crippen molar-refractivity contribution in [2.24, 2.45) is 5.92 Å². The van der Waals surface area contributed by atoms with Gasteiger partial charge in [0.05, 0.1) is 11.9 Å². The van der Waals surface area contributed by atoms with Crippen LogP contribution in [0.3, 0.4) is 0 Å². The highest BCUT2D eigenvalue weighted by atomic mass is 15.1. The molecule has 0 N–H and O–H groups in total. The molecule has 1 aromatic heterocycles. The number of rotatable bonds is 3. The van der Waals surface area contributed by atoms with Gasteiger partial charge in [-0.2, -0.15) is 0 Å². The molecule has 0 radical (unpaired) electrons. The zero-order valence-electron chi connectivity index (χ0n) is 11.2. The SMILES string of the molecule is Cc1ccc(N2CCC(CN(C)C)CC2)cn1. The smallest absolute Gasteiger partial charge is 0.0552 e. The lowest BCUT2D eigenvalue weighted by molar-refractivity contribution is 0.285. The van der Waals surface area contributed by atoms with Gasteiger partial charge in [-0.1, -0.05) is 0 Å². The van der Waals surface area contributed by atoms with E-state index in [2.05, 4.69) is 41.0 Å². The van der Waals surface area contributed by atoms with Gasteiger partial charge in [-0.25, -0.2) is 0 Å². The first-order chi connectivity index (χ1) is 8.15. The van der Waals surface area contributed by atoms with Gasteiger partial charge < -0.3 is 9.80 Å². The van der Waals surface area contributed by atoms with Crippen LogP contribution in [-0.4, -0.2) is 43.6 Å². The largest absolute Gasteiger partial charge is 0.370 e. The second-order valence-corrected chi connectivity index (χ2v) is 5.35. The monoisotopic (exact) mass is 233 g/mol. The van der Waals surface area contributed by atoms with Crippen molar-refractivity contribution in [2.45, 2.75) is 19.8 Å². The third-order valence-corrected chi connectivity index (χ3v) is 3.50. The van der Waals surface area contributed by atoms with Crippen molar-refractivity contribution in [3.05, 3.63) is 24.0 Å². The normalized spacial score (nSPS) is 17.8. The average molecular weight is 233 g/mol. The predicted molar refractivity (Wildman–Crippen MR) is 72.5 cm³/mol. The highest BCUT2D eigenvalue weighted by Crippen LogP contribution is 2.22. The first kappa shape index (κ1) is 12.4. The highest BCUT2D eigenvalue weighted by Gasteiger charge is 2.19. The topological polar surface area (TPSA) is 19.4 Å². The predicted octanol–water partition coefficient (Wildman–Crippen LogP) is 2.17. The van der Waals surface area contributed by atoms with Crippen molar-refractivity contribution in [3.63, 3.8) is 0 Å². The van der Waals surface area contributed by atoms with Crippen LogP contribution in [0.1, 0.15) is 18.5 Å². The van der Waals surface area contributed by atoms with E-state index in [0.717, 1.165) is 11.6 Å². The first-order valence-corrected chi connectivity index (χ1v) is 6.47. The van der Waals surface area contributed by atoms with E-state index in [1.165, 1.54) is 38.2 Å². The molecule has 17 heavy (non-hydrogen) atoms. The molecule has 0 spiro atoms. The summed E-state index contributed by atoms with van der Waals surface area (Å²) in [7, 11) is 4.33. The minimum Gasteiger partial charge on any atom is -0.370 e. The maximum atomic E-state index is 4.37. The van der Waals surface area contributed by atoms with Crippen molar-refractivity contribution in [1.29, 1.82) is 0 Å². The molecule has 0 aromatic carbocycles. The first-order valence-electron chi connectivity index (χ1n) is 6.47. The summed E-state index contributed by atoms with van der Waals surface area (Å²) in [5.41, 5.74) is 2.37. The third-order valence-electron chi connectivity index (χ3n) is 3.50. The van der Waals surface area contributed by atoms with E-state index in [9.17, 15) is 0 Å². The third kappa shape index (κ3) is 3.43. The number of pyridine rings is 1. The molecule has 3 nitrogen and oxygen atoms in total. The van der Waals surface area contributed by atoms with Crippen molar-refractivity contribution in [2.75, 3.05) is 38.6 Å². The van der Waals surface area contributed by atoms with Crippen LogP contribution in [0.4, 0.5) is 5.69 Å². The average Bonchev–Trinajstić information content (AvgIpc) is 2.30. The summed E-state index contributed by atoms with van der Waals surface area (Å²) in [5.74, 6) is 0.861. The van der Waals surface area contributed by atoms with Gasteiger partial charge in [0.15, 0.2) is 0 Å². The Bertz CT molecular complexity index is 337. The Kier molecular flexibility index (Phi) is 4.00. The lowest BCUT2D eigenvalue weighted by Crippen LogP contribution is -2.37. The van der Waals surface area contributed by atoms with Gasteiger partial charge in [-0.15, -0.1) is 0 Å². The Hall–Kier alpha value is -1.09. The van der Waals surface area contributed by atoms with Crippen molar-refractivity contribution < 1.29 is 0 Å². The van der Waals surface area contributed by atoms with Crippen molar-refractivity contribution >= 4 is 5.69 Å². The van der Waals surface area contributed by atoms with Crippen LogP contribution in [0.25, 0.3) is 0 Å². The molecule has 0 atom stereocenters. The number of hydrogen-bond donors (Lipinski definition) is 0. The quantitative estimate of drug-likeness (QED) is 0.797. The maximum Gasteiger partial charge on any atom is 0.0552 e. The summed E-state index contributed by atoms with van der Waals surface area (Å²) in [6.45, 7) is 5.60. The second-order valence-electron chi connectivity index (χ2n) is 5.35. The van der Waals surface area contributed by atoms with Gasteiger partial charge >= 0.3 is 0 Å². The molecule has 1 fully saturated rings. The maximum absolute atomic E-state index is 4.37. The fourth-order valence-corrected chi connectivity index (χ4v) is 2.54. The number of aromatic nitrogens is 1.